The number of para-hydroxylation sites is 4. The molecule has 0 saturated heterocycles. The Kier molecular flexibility index (Phi) is 16.0. The second kappa shape index (κ2) is 26.4. The van der Waals surface area contributed by atoms with E-state index in [1.54, 1.807) is 0 Å². The molecule has 0 saturated carbocycles. The molecular formula is C102H78N2Si2. The van der Waals surface area contributed by atoms with Crippen molar-refractivity contribution in [2.75, 3.05) is 9.80 Å². The Bertz CT molecular complexity index is 5600. The zero-order chi connectivity index (χ0) is 70.8. The molecule has 4 heteroatoms. The van der Waals surface area contributed by atoms with E-state index in [-0.39, 0.29) is 5.41 Å². The van der Waals surface area contributed by atoms with Gasteiger partial charge in [0, 0.05) is 16.8 Å². The number of rotatable bonds is 12. The van der Waals surface area contributed by atoms with Gasteiger partial charge in [-0.25, -0.2) is 0 Å². The van der Waals surface area contributed by atoms with Crippen LogP contribution in [0, 0.1) is 0 Å². The Balaban J connectivity index is 0.000000148. The summed E-state index contributed by atoms with van der Waals surface area (Å²) in [6.07, 6.45) is 1.89. The van der Waals surface area contributed by atoms with Crippen LogP contribution in [0.15, 0.2) is 413 Å². The highest BCUT2D eigenvalue weighted by Gasteiger charge is 2.48. The Labute approximate surface area is 625 Å². The first-order valence-electron chi connectivity index (χ1n) is 37.3. The number of fused-ring (bicyclic) bond motifs is 10. The van der Waals surface area contributed by atoms with E-state index in [2.05, 4.69) is 436 Å². The van der Waals surface area contributed by atoms with E-state index >= 15 is 0 Å². The van der Waals surface area contributed by atoms with E-state index in [1.807, 2.05) is 0 Å². The molecule has 2 heterocycles. The topological polar surface area (TPSA) is 6.48 Å². The van der Waals surface area contributed by atoms with Gasteiger partial charge in [-0.05, 0) is 181 Å². The molecule has 0 unspecified atom stereocenters. The molecule has 2 aliphatic heterocycles. The van der Waals surface area contributed by atoms with Gasteiger partial charge >= 0.3 is 0 Å². The molecule has 0 atom stereocenters. The van der Waals surface area contributed by atoms with E-state index in [0.717, 1.165) is 12.8 Å². The van der Waals surface area contributed by atoms with Gasteiger partial charge in [-0.2, -0.15) is 0 Å². The summed E-state index contributed by atoms with van der Waals surface area (Å²) in [5.41, 5.74) is 25.5. The summed E-state index contributed by atoms with van der Waals surface area (Å²) in [6, 6.07) is 155. The van der Waals surface area contributed by atoms with Crippen LogP contribution in [0.1, 0.15) is 69.5 Å². The first-order chi connectivity index (χ1) is 52.3. The first kappa shape index (κ1) is 64.4. The third kappa shape index (κ3) is 10.2. The van der Waals surface area contributed by atoms with Gasteiger partial charge in [-0.1, -0.05) is 378 Å². The van der Waals surface area contributed by atoms with Crippen molar-refractivity contribution < 1.29 is 0 Å². The minimum Gasteiger partial charge on any atom is -0.310 e. The number of benzene rings is 16. The summed E-state index contributed by atoms with van der Waals surface area (Å²) in [5.74, 6) is 0. The smallest absolute Gasteiger partial charge is 0.179 e. The lowest BCUT2D eigenvalue weighted by Gasteiger charge is -2.46. The summed E-state index contributed by atoms with van der Waals surface area (Å²) < 4.78 is 0. The second-order valence-electron chi connectivity index (χ2n) is 29.3. The molecule has 0 fully saturated rings. The summed E-state index contributed by atoms with van der Waals surface area (Å²) >= 11 is 0. The summed E-state index contributed by atoms with van der Waals surface area (Å²) in [7, 11) is -5.33. The molecule has 0 spiro atoms. The maximum atomic E-state index is 2.55. The zero-order valence-corrected chi connectivity index (χ0v) is 61.6. The van der Waals surface area contributed by atoms with Crippen molar-refractivity contribution in [2.24, 2.45) is 0 Å². The standard InChI is InChI=1S/C56H41NSi.C46H37NSi/c1-6-20-43(21-7-1)56(44-22-8-2-9-23-44)52-30-16-18-32-54(52)57(55-33-19-17-31-53(55)56)45-36-34-41-38-42-35-37-49(40-51(42)50(41)39-45)58(46-24-10-3-11-25-46,47-26-12-4-13-27-47)48-28-14-5-15-29-48;1-46(2)42-22-12-14-24-44(42)47(45-25-15-13-23-43(45)46)35-28-26-33-30-34-27-29-39(32-41(34)40(33)31-35)48(36-16-6-3-7-17-36,37-18-8-4-9-19-37)38-20-10-5-11-21-38/h1-37,39-40H,38H2;3-29,31-32H,30H2,1-2H3. The average molecular weight is 1390 g/mol. The van der Waals surface area contributed by atoms with Crippen LogP contribution in [0.25, 0.3) is 22.3 Å². The number of hydrogen-bond acceptors (Lipinski definition) is 2. The Morgan fingerprint density at radius 1 is 0.217 bits per heavy atom. The minimum atomic E-state index is -2.70. The normalized spacial score (nSPS) is 13.8. The van der Waals surface area contributed by atoms with E-state index in [0.29, 0.717) is 0 Å². The van der Waals surface area contributed by atoms with Crippen LogP contribution in [0.5, 0.6) is 0 Å². The lowest BCUT2D eigenvalue weighted by Crippen LogP contribution is -2.74. The molecule has 0 N–H and O–H groups in total. The highest BCUT2D eigenvalue weighted by molar-refractivity contribution is 7.20. The largest absolute Gasteiger partial charge is 0.310 e. The molecule has 0 amide bonds. The van der Waals surface area contributed by atoms with Crippen molar-refractivity contribution in [1.82, 2.24) is 0 Å². The van der Waals surface area contributed by atoms with Crippen molar-refractivity contribution in [2.45, 2.75) is 37.5 Å². The van der Waals surface area contributed by atoms with E-state index in [4.69, 9.17) is 0 Å². The van der Waals surface area contributed by atoms with E-state index < -0.39 is 21.6 Å². The summed E-state index contributed by atoms with van der Waals surface area (Å²) in [4.78, 5) is 4.99. The zero-order valence-electron chi connectivity index (χ0n) is 59.6. The van der Waals surface area contributed by atoms with Crippen molar-refractivity contribution in [1.29, 1.82) is 0 Å². The predicted octanol–water partition coefficient (Wildman–Crippen LogP) is 19.5. The van der Waals surface area contributed by atoms with Gasteiger partial charge in [0.15, 0.2) is 16.1 Å². The monoisotopic (exact) mass is 1390 g/mol. The molecule has 0 bridgehead atoms. The fourth-order valence-electron chi connectivity index (χ4n) is 18.8. The number of nitrogens with zero attached hydrogens (tertiary/aromatic N) is 2. The molecule has 0 radical (unpaired) electrons. The minimum absolute atomic E-state index is 0.0812. The molecule has 16 aromatic rings. The highest BCUT2D eigenvalue weighted by atomic mass is 28.3. The molecule has 16 aromatic carbocycles. The Morgan fingerprint density at radius 2 is 0.453 bits per heavy atom. The summed E-state index contributed by atoms with van der Waals surface area (Å²) in [5, 5.41) is 11.2. The highest BCUT2D eigenvalue weighted by Crippen LogP contribution is 2.59. The van der Waals surface area contributed by atoms with Crippen LogP contribution in [0.2, 0.25) is 0 Å². The van der Waals surface area contributed by atoms with Gasteiger partial charge in [-0.15, -0.1) is 0 Å². The second-order valence-corrected chi connectivity index (χ2v) is 36.9. The van der Waals surface area contributed by atoms with Gasteiger partial charge in [0.05, 0.1) is 28.2 Å². The Morgan fingerprint density at radius 3 is 0.755 bits per heavy atom. The van der Waals surface area contributed by atoms with E-state index in [1.165, 1.54) is 154 Å². The molecule has 4 aliphatic rings. The molecule has 504 valence electrons. The number of hydrogen-bond donors (Lipinski definition) is 0. The van der Waals surface area contributed by atoms with Crippen LogP contribution >= 0.6 is 0 Å². The van der Waals surface area contributed by atoms with Crippen LogP contribution in [-0.4, -0.2) is 16.1 Å². The van der Waals surface area contributed by atoms with Crippen molar-refractivity contribution >= 4 is 91.8 Å². The SMILES string of the molecule is CC1(C)c2ccccc2N(c2ccc3c(c2)-c2cc([Si](c4ccccc4)(c4ccccc4)c4ccccc4)ccc2C3)c2ccccc21.c1ccc(C2(c3ccccc3)c3ccccc3N(c3ccc4c(c3)-c3cc([Si](c5ccccc5)(c5ccccc5)c5ccccc5)ccc3C4)c3ccccc32)cc1. The van der Waals surface area contributed by atoms with Gasteiger partial charge in [-0.3, -0.25) is 0 Å². The quantitative estimate of drug-likeness (QED) is 0.0888. The molecule has 2 aliphatic carbocycles. The van der Waals surface area contributed by atoms with Crippen LogP contribution in [-0.2, 0) is 23.7 Å². The third-order valence-electron chi connectivity index (χ3n) is 23.5. The predicted molar refractivity (Wildman–Crippen MR) is 450 cm³/mol. The fourth-order valence-corrected chi connectivity index (χ4v) is 28.4. The van der Waals surface area contributed by atoms with Crippen molar-refractivity contribution in [3.63, 3.8) is 0 Å². The first-order valence-corrected chi connectivity index (χ1v) is 41.3. The van der Waals surface area contributed by atoms with Gasteiger partial charge in [0.2, 0.25) is 0 Å². The average Bonchev–Trinajstić information content (AvgIpc) is 0.759. The van der Waals surface area contributed by atoms with Crippen LogP contribution in [0.4, 0.5) is 34.1 Å². The van der Waals surface area contributed by atoms with Crippen LogP contribution in [0.3, 0.4) is 0 Å². The number of anilines is 6. The van der Waals surface area contributed by atoms with Gasteiger partial charge < -0.3 is 9.80 Å². The van der Waals surface area contributed by atoms with Crippen molar-refractivity contribution in [3.05, 3.63) is 468 Å². The van der Waals surface area contributed by atoms with Gasteiger partial charge in [0.1, 0.15) is 0 Å². The fraction of sp³-hybridized carbons (Fsp3) is 0.0588. The maximum absolute atomic E-state index is 2.70. The molecule has 0 aromatic heterocycles. The lowest BCUT2D eigenvalue weighted by molar-refractivity contribution is 0.632. The molecular weight excluding hydrogens is 1310 g/mol. The molecule has 20 rings (SSSR count). The Hall–Kier alpha value is -12.4. The maximum Gasteiger partial charge on any atom is 0.179 e. The van der Waals surface area contributed by atoms with E-state index in [9.17, 15) is 0 Å². The lowest BCUT2D eigenvalue weighted by atomic mass is 9.62. The van der Waals surface area contributed by atoms with Crippen LogP contribution < -0.4 is 51.3 Å². The van der Waals surface area contributed by atoms with Crippen molar-refractivity contribution in [3.8, 4) is 22.3 Å². The summed E-state index contributed by atoms with van der Waals surface area (Å²) in [6.45, 7) is 4.70. The molecule has 106 heavy (non-hydrogen) atoms. The third-order valence-corrected chi connectivity index (χ3v) is 33.1. The molecule has 2 nitrogen and oxygen atoms in total. The van der Waals surface area contributed by atoms with Gasteiger partial charge in [0.25, 0.3) is 0 Å².